The predicted octanol–water partition coefficient (Wildman–Crippen LogP) is 3.75. The highest BCUT2D eigenvalue weighted by Crippen LogP contribution is 2.26. The van der Waals surface area contributed by atoms with Gasteiger partial charge in [-0.2, -0.15) is 0 Å². The van der Waals surface area contributed by atoms with Crippen LogP contribution in [0.2, 0.25) is 10.0 Å². The molecule has 0 aliphatic carbocycles. The van der Waals surface area contributed by atoms with Gasteiger partial charge >= 0.3 is 0 Å². The number of hydrogen-bond acceptors (Lipinski definition) is 5. The Balaban J connectivity index is 2.16. The Labute approximate surface area is 148 Å². The fourth-order valence-corrected chi connectivity index (χ4v) is 2.94. The Morgan fingerprint density at radius 3 is 2.79 bits per heavy atom. The van der Waals surface area contributed by atoms with Gasteiger partial charge in [-0.25, -0.2) is 15.0 Å². The molecule has 0 fully saturated rings. The summed E-state index contributed by atoms with van der Waals surface area (Å²) < 4.78 is 1.77. The van der Waals surface area contributed by atoms with E-state index in [4.69, 9.17) is 28.9 Å². The van der Waals surface area contributed by atoms with Crippen LogP contribution in [0, 0.1) is 0 Å². The molecule has 0 amide bonds. The zero-order chi connectivity index (χ0) is 17.3. The van der Waals surface area contributed by atoms with Gasteiger partial charge in [0.2, 0.25) is 5.78 Å². The summed E-state index contributed by atoms with van der Waals surface area (Å²) in [6.45, 7) is 2.68. The first-order chi connectivity index (χ1) is 11.5. The predicted molar refractivity (Wildman–Crippen MR) is 94.5 cm³/mol. The lowest BCUT2D eigenvalue weighted by molar-refractivity contribution is 0.102. The topological polar surface area (TPSA) is 86.7 Å². The third-order valence-electron chi connectivity index (χ3n) is 3.67. The Hall–Kier alpha value is -2.18. The molecule has 0 radical (unpaired) electrons. The lowest BCUT2D eigenvalue weighted by atomic mass is 10.1. The third kappa shape index (κ3) is 2.95. The summed E-state index contributed by atoms with van der Waals surface area (Å²) in [7, 11) is 0. The van der Waals surface area contributed by atoms with Crippen molar-refractivity contribution in [1.29, 1.82) is 0 Å². The molecule has 2 aromatic heterocycles. The molecule has 8 heteroatoms. The summed E-state index contributed by atoms with van der Waals surface area (Å²) >= 11 is 12.1. The molecule has 0 saturated carbocycles. The quantitative estimate of drug-likeness (QED) is 0.697. The second-order valence-electron chi connectivity index (χ2n) is 5.33. The molecule has 0 bridgehead atoms. The van der Waals surface area contributed by atoms with Crippen molar-refractivity contribution in [3.8, 4) is 0 Å². The highest BCUT2D eigenvalue weighted by molar-refractivity contribution is 6.37. The molecule has 0 unspecified atom stereocenters. The number of unbranched alkanes of at least 4 members (excludes halogenated alkanes) is 1. The number of carbonyl (C=O) groups is 1. The molecule has 0 saturated heterocycles. The van der Waals surface area contributed by atoms with Gasteiger partial charge in [0.1, 0.15) is 6.33 Å². The van der Waals surface area contributed by atoms with Crippen molar-refractivity contribution in [2.24, 2.45) is 0 Å². The Morgan fingerprint density at radius 2 is 2.08 bits per heavy atom. The second kappa shape index (κ2) is 6.75. The number of nitrogen functional groups attached to an aromatic ring is 1. The number of ketones is 1. The molecule has 3 aromatic rings. The number of fused-ring (bicyclic) bond motifs is 1. The van der Waals surface area contributed by atoms with Crippen molar-refractivity contribution >= 4 is 46.0 Å². The van der Waals surface area contributed by atoms with Gasteiger partial charge in [0, 0.05) is 17.1 Å². The van der Waals surface area contributed by atoms with Gasteiger partial charge in [0.05, 0.1) is 5.02 Å². The average Bonchev–Trinajstić information content (AvgIpc) is 2.92. The summed E-state index contributed by atoms with van der Waals surface area (Å²) in [5.41, 5.74) is 7.17. The number of hydrogen-bond donors (Lipinski definition) is 1. The minimum atomic E-state index is -0.301. The summed E-state index contributed by atoms with van der Waals surface area (Å²) in [5, 5.41) is 0.742. The molecule has 0 atom stereocenters. The number of carbonyl (C=O) groups excluding carboxylic acids is 1. The maximum Gasteiger partial charge on any atom is 0.230 e. The van der Waals surface area contributed by atoms with E-state index in [2.05, 4.69) is 21.9 Å². The van der Waals surface area contributed by atoms with Crippen LogP contribution >= 0.6 is 23.2 Å². The van der Waals surface area contributed by atoms with Crippen molar-refractivity contribution in [3.05, 3.63) is 46.0 Å². The van der Waals surface area contributed by atoms with Crippen LogP contribution in [0.1, 0.15) is 35.9 Å². The fraction of sp³-hybridized carbons (Fsp3) is 0.250. The van der Waals surface area contributed by atoms with Gasteiger partial charge < -0.3 is 10.3 Å². The third-order valence-corrected chi connectivity index (χ3v) is 4.22. The molecule has 6 nitrogen and oxygen atoms in total. The first kappa shape index (κ1) is 16.7. The fourth-order valence-electron chi connectivity index (χ4n) is 2.45. The highest BCUT2D eigenvalue weighted by atomic mass is 35.5. The van der Waals surface area contributed by atoms with E-state index >= 15 is 0 Å². The summed E-state index contributed by atoms with van der Waals surface area (Å²) in [5.74, 6) is 0.187. The van der Waals surface area contributed by atoms with Crippen LogP contribution in [0.4, 0.5) is 5.82 Å². The highest BCUT2D eigenvalue weighted by Gasteiger charge is 2.23. The normalized spacial score (nSPS) is 11.1. The van der Waals surface area contributed by atoms with Gasteiger partial charge in [0.15, 0.2) is 22.8 Å². The molecular formula is C16H15Cl2N5O. The van der Waals surface area contributed by atoms with Crippen LogP contribution in [0.5, 0.6) is 0 Å². The smallest absolute Gasteiger partial charge is 0.230 e. The van der Waals surface area contributed by atoms with E-state index in [0.29, 0.717) is 28.3 Å². The Bertz CT molecular complexity index is 922. The maximum atomic E-state index is 12.9. The molecule has 0 spiro atoms. The number of aromatic nitrogens is 4. The van der Waals surface area contributed by atoms with Crippen LogP contribution in [0.3, 0.4) is 0 Å². The summed E-state index contributed by atoms with van der Waals surface area (Å²) in [4.78, 5) is 25.5. The van der Waals surface area contributed by atoms with E-state index in [1.54, 1.807) is 16.7 Å². The van der Waals surface area contributed by atoms with Crippen LogP contribution in [-0.2, 0) is 6.54 Å². The number of anilines is 1. The average molecular weight is 364 g/mol. The molecule has 0 aliphatic rings. The lowest BCUT2D eigenvalue weighted by Gasteiger charge is -2.08. The van der Waals surface area contributed by atoms with E-state index in [9.17, 15) is 4.79 Å². The summed E-state index contributed by atoms with van der Waals surface area (Å²) in [6, 6.07) is 4.74. The van der Waals surface area contributed by atoms with E-state index in [-0.39, 0.29) is 22.4 Å². The molecule has 1 aromatic carbocycles. The van der Waals surface area contributed by atoms with E-state index < -0.39 is 0 Å². The van der Waals surface area contributed by atoms with E-state index in [1.807, 2.05) is 0 Å². The van der Waals surface area contributed by atoms with Crippen molar-refractivity contribution in [3.63, 3.8) is 0 Å². The number of halogens is 2. The molecular weight excluding hydrogens is 349 g/mol. The molecule has 2 N–H and O–H groups in total. The van der Waals surface area contributed by atoms with Crippen molar-refractivity contribution < 1.29 is 4.79 Å². The largest absolute Gasteiger partial charge is 0.382 e. The SMILES string of the molecule is CCCCn1c(C(=O)c2ccc(Cl)cc2Cl)nc2c(N)ncnc21. The van der Waals surface area contributed by atoms with Crippen LogP contribution in [-0.4, -0.2) is 25.3 Å². The number of imidazole rings is 1. The maximum absolute atomic E-state index is 12.9. The number of aryl methyl sites for hydroxylation is 1. The minimum Gasteiger partial charge on any atom is -0.382 e. The number of rotatable bonds is 5. The van der Waals surface area contributed by atoms with Gasteiger partial charge in [-0.3, -0.25) is 4.79 Å². The van der Waals surface area contributed by atoms with Gasteiger partial charge in [0.25, 0.3) is 0 Å². The van der Waals surface area contributed by atoms with Gasteiger partial charge in [-0.1, -0.05) is 36.5 Å². The first-order valence-corrected chi connectivity index (χ1v) is 8.25. The minimum absolute atomic E-state index is 0.242. The lowest BCUT2D eigenvalue weighted by Crippen LogP contribution is -2.12. The molecule has 3 rings (SSSR count). The van der Waals surface area contributed by atoms with Crippen molar-refractivity contribution in [1.82, 2.24) is 19.5 Å². The van der Waals surface area contributed by atoms with E-state index in [1.165, 1.54) is 12.4 Å². The zero-order valence-corrected chi connectivity index (χ0v) is 14.5. The van der Waals surface area contributed by atoms with Gasteiger partial charge in [-0.05, 0) is 24.6 Å². The standard InChI is InChI=1S/C16H15Cl2N5O/c1-2-3-6-23-15-12(14(19)20-8-21-15)22-16(23)13(24)10-5-4-9(17)7-11(10)18/h4-5,7-8H,2-3,6H2,1H3,(H2,19,20,21). The Kier molecular flexibility index (Phi) is 4.69. The number of nitrogens with two attached hydrogens (primary N) is 1. The zero-order valence-electron chi connectivity index (χ0n) is 13.0. The Morgan fingerprint density at radius 1 is 1.29 bits per heavy atom. The van der Waals surface area contributed by atoms with Crippen LogP contribution < -0.4 is 5.73 Å². The van der Waals surface area contributed by atoms with Gasteiger partial charge in [-0.15, -0.1) is 0 Å². The number of benzene rings is 1. The second-order valence-corrected chi connectivity index (χ2v) is 6.17. The molecule has 124 valence electrons. The van der Waals surface area contributed by atoms with Crippen LogP contribution in [0.15, 0.2) is 24.5 Å². The molecule has 24 heavy (non-hydrogen) atoms. The molecule has 2 heterocycles. The van der Waals surface area contributed by atoms with Crippen molar-refractivity contribution in [2.75, 3.05) is 5.73 Å². The number of nitrogens with zero attached hydrogens (tertiary/aromatic N) is 4. The van der Waals surface area contributed by atoms with E-state index in [0.717, 1.165) is 12.8 Å². The molecule has 0 aliphatic heterocycles. The summed E-state index contributed by atoms with van der Waals surface area (Å²) in [6.07, 6.45) is 3.21. The first-order valence-electron chi connectivity index (χ1n) is 7.49. The van der Waals surface area contributed by atoms with Crippen molar-refractivity contribution in [2.45, 2.75) is 26.3 Å². The monoisotopic (exact) mass is 363 g/mol. The van der Waals surface area contributed by atoms with Crippen LogP contribution in [0.25, 0.3) is 11.2 Å².